The molecule has 1 unspecified atom stereocenters. The average molecular weight is 276 g/mol. The molecule has 0 aliphatic rings. The number of carboxylic acid groups (broad SMARTS) is 1. The molecule has 0 saturated heterocycles. The van der Waals surface area contributed by atoms with Crippen molar-refractivity contribution in [3.63, 3.8) is 0 Å². The molecule has 0 radical (unpaired) electrons. The SMILES string of the molecule is COCCCN(CCOC)C(=O)NC(C)CC(=O)O. The van der Waals surface area contributed by atoms with Gasteiger partial charge in [0, 0.05) is 40.0 Å². The number of rotatable bonds is 10. The van der Waals surface area contributed by atoms with E-state index in [-0.39, 0.29) is 12.5 Å². The van der Waals surface area contributed by atoms with Crippen LogP contribution in [0.5, 0.6) is 0 Å². The van der Waals surface area contributed by atoms with Crippen molar-refractivity contribution in [2.24, 2.45) is 0 Å². The van der Waals surface area contributed by atoms with E-state index in [0.29, 0.717) is 26.3 Å². The van der Waals surface area contributed by atoms with Gasteiger partial charge in [-0.2, -0.15) is 0 Å². The summed E-state index contributed by atoms with van der Waals surface area (Å²) in [5.74, 6) is -0.935. The van der Waals surface area contributed by atoms with Crippen LogP contribution in [0.25, 0.3) is 0 Å². The smallest absolute Gasteiger partial charge is 0.317 e. The summed E-state index contributed by atoms with van der Waals surface area (Å²) in [5, 5.41) is 11.3. The van der Waals surface area contributed by atoms with Crippen molar-refractivity contribution in [2.45, 2.75) is 25.8 Å². The second-order valence-corrected chi connectivity index (χ2v) is 4.27. The maximum atomic E-state index is 12.0. The lowest BCUT2D eigenvalue weighted by atomic mass is 10.2. The van der Waals surface area contributed by atoms with Crippen molar-refractivity contribution in [2.75, 3.05) is 40.5 Å². The minimum absolute atomic E-state index is 0.0953. The van der Waals surface area contributed by atoms with Gasteiger partial charge in [-0.25, -0.2) is 4.79 Å². The Kier molecular flexibility index (Phi) is 9.82. The van der Waals surface area contributed by atoms with E-state index in [0.717, 1.165) is 6.42 Å². The second-order valence-electron chi connectivity index (χ2n) is 4.27. The highest BCUT2D eigenvalue weighted by atomic mass is 16.5. The summed E-state index contributed by atoms with van der Waals surface area (Å²) < 4.78 is 9.89. The van der Waals surface area contributed by atoms with Gasteiger partial charge >= 0.3 is 12.0 Å². The van der Waals surface area contributed by atoms with Gasteiger partial charge in [0.15, 0.2) is 0 Å². The number of nitrogens with one attached hydrogen (secondary N) is 1. The van der Waals surface area contributed by atoms with Crippen LogP contribution < -0.4 is 5.32 Å². The maximum Gasteiger partial charge on any atom is 0.317 e. The van der Waals surface area contributed by atoms with E-state index < -0.39 is 12.0 Å². The quantitative estimate of drug-likeness (QED) is 0.569. The Morgan fingerprint density at radius 3 is 2.37 bits per heavy atom. The third kappa shape index (κ3) is 9.26. The number of urea groups is 1. The number of amides is 2. The predicted molar refractivity (Wildman–Crippen MR) is 70.2 cm³/mol. The number of hydrogen-bond acceptors (Lipinski definition) is 4. The summed E-state index contributed by atoms with van der Waals surface area (Å²) in [6.07, 6.45) is 0.628. The van der Waals surface area contributed by atoms with Crippen molar-refractivity contribution in [3.05, 3.63) is 0 Å². The molecule has 0 bridgehead atoms. The standard InChI is InChI=1S/C12H24N2O5/c1-10(9-11(15)16)13-12(17)14(6-8-19-3)5-4-7-18-2/h10H,4-9H2,1-3H3,(H,13,17)(H,15,16). The molecule has 7 nitrogen and oxygen atoms in total. The topological polar surface area (TPSA) is 88.1 Å². The largest absolute Gasteiger partial charge is 0.481 e. The van der Waals surface area contributed by atoms with Gasteiger partial charge in [-0.1, -0.05) is 0 Å². The van der Waals surface area contributed by atoms with E-state index in [9.17, 15) is 9.59 Å². The maximum absolute atomic E-state index is 12.0. The number of ether oxygens (including phenoxy) is 2. The summed E-state index contributed by atoms with van der Waals surface area (Å²) in [6.45, 7) is 3.68. The first-order valence-corrected chi connectivity index (χ1v) is 6.26. The number of carboxylic acids is 1. The molecule has 0 saturated carbocycles. The normalized spacial score (nSPS) is 11.9. The van der Waals surface area contributed by atoms with Crippen LogP contribution in [-0.2, 0) is 14.3 Å². The minimum Gasteiger partial charge on any atom is -0.481 e. The van der Waals surface area contributed by atoms with Gasteiger partial charge in [-0.3, -0.25) is 4.79 Å². The molecule has 0 spiro atoms. The number of aliphatic carboxylic acids is 1. The van der Waals surface area contributed by atoms with Gasteiger partial charge in [-0.05, 0) is 13.3 Å². The van der Waals surface area contributed by atoms with Crippen LogP contribution in [0.2, 0.25) is 0 Å². The van der Waals surface area contributed by atoms with E-state index in [4.69, 9.17) is 14.6 Å². The third-order valence-electron chi connectivity index (χ3n) is 2.48. The second kappa shape index (κ2) is 10.6. The lowest BCUT2D eigenvalue weighted by molar-refractivity contribution is -0.137. The molecule has 7 heteroatoms. The van der Waals surface area contributed by atoms with E-state index in [1.54, 1.807) is 26.0 Å². The number of carbonyl (C=O) groups excluding carboxylic acids is 1. The highest BCUT2D eigenvalue weighted by molar-refractivity contribution is 5.75. The van der Waals surface area contributed by atoms with Crippen LogP contribution in [0.3, 0.4) is 0 Å². The van der Waals surface area contributed by atoms with Crippen LogP contribution in [0, 0.1) is 0 Å². The molecule has 2 amide bonds. The molecule has 0 aromatic rings. The van der Waals surface area contributed by atoms with Crippen molar-refractivity contribution in [1.29, 1.82) is 0 Å². The molecule has 0 heterocycles. The lowest BCUT2D eigenvalue weighted by Crippen LogP contribution is -2.46. The van der Waals surface area contributed by atoms with Gasteiger partial charge in [0.2, 0.25) is 0 Å². The zero-order valence-electron chi connectivity index (χ0n) is 11.8. The summed E-state index contributed by atoms with van der Waals surface area (Å²) in [5.41, 5.74) is 0. The third-order valence-corrected chi connectivity index (χ3v) is 2.48. The van der Waals surface area contributed by atoms with Gasteiger partial charge in [0.1, 0.15) is 0 Å². The fourth-order valence-corrected chi connectivity index (χ4v) is 1.53. The Morgan fingerprint density at radius 1 is 1.21 bits per heavy atom. The minimum atomic E-state index is -0.935. The molecular weight excluding hydrogens is 252 g/mol. The molecular formula is C12H24N2O5. The van der Waals surface area contributed by atoms with E-state index >= 15 is 0 Å². The summed E-state index contributed by atoms with van der Waals surface area (Å²) in [4.78, 5) is 24.1. The zero-order chi connectivity index (χ0) is 14.7. The van der Waals surface area contributed by atoms with Crippen LogP contribution in [0.4, 0.5) is 4.79 Å². The Hall–Kier alpha value is -1.34. The Balaban J connectivity index is 4.22. The van der Waals surface area contributed by atoms with Crippen LogP contribution in [0.1, 0.15) is 19.8 Å². The highest BCUT2D eigenvalue weighted by Crippen LogP contribution is 1.97. The summed E-state index contributed by atoms with van der Waals surface area (Å²) >= 11 is 0. The number of methoxy groups -OCH3 is 2. The molecule has 0 aromatic heterocycles. The molecule has 0 rings (SSSR count). The fourth-order valence-electron chi connectivity index (χ4n) is 1.53. The zero-order valence-corrected chi connectivity index (χ0v) is 11.8. The van der Waals surface area contributed by atoms with E-state index in [1.807, 2.05) is 0 Å². The van der Waals surface area contributed by atoms with Gasteiger partial charge in [-0.15, -0.1) is 0 Å². The van der Waals surface area contributed by atoms with Crippen molar-refractivity contribution in [1.82, 2.24) is 10.2 Å². The molecule has 0 fully saturated rings. The molecule has 0 aliphatic heterocycles. The van der Waals surface area contributed by atoms with Gasteiger partial charge in [0.25, 0.3) is 0 Å². The molecule has 19 heavy (non-hydrogen) atoms. The van der Waals surface area contributed by atoms with E-state index in [1.165, 1.54) is 0 Å². The van der Waals surface area contributed by atoms with Crippen molar-refractivity contribution < 1.29 is 24.2 Å². The molecule has 112 valence electrons. The number of carbonyl (C=O) groups is 2. The van der Waals surface area contributed by atoms with Gasteiger partial charge in [0.05, 0.1) is 13.0 Å². The predicted octanol–water partition coefficient (Wildman–Crippen LogP) is 0.544. The van der Waals surface area contributed by atoms with Crippen LogP contribution in [-0.4, -0.2) is 68.6 Å². The van der Waals surface area contributed by atoms with Crippen molar-refractivity contribution >= 4 is 12.0 Å². The Morgan fingerprint density at radius 2 is 1.84 bits per heavy atom. The molecule has 2 N–H and O–H groups in total. The molecule has 1 atom stereocenters. The van der Waals surface area contributed by atoms with Crippen molar-refractivity contribution in [3.8, 4) is 0 Å². The monoisotopic (exact) mass is 276 g/mol. The number of nitrogens with zero attached hydrogens (tertiary/aromatic N) is 1. The van der Waals surface area contributed by atoms with Crippen LogP contribution >= 0.6 is 0 Å². The first kappa shape index (κ1) is 17.7. The van der Waals surface area contributed by atoms with Crippen LogP contribution in [0.15, 0.2) is 0 Å². The average Bonchev–Trinajstić information content (AvgIpc) is 2.32. The molecule has 0 aliphatic carbocycles. The first-order chi connectivity index (χ1) is 9.01. The Bertz CT molecular complexity index is 273. The number of hydrogen-bond donors (Lipinski definition) is 2. The summed E-state index contributed by atoms with van der Waals surface area (Å²) in [7, 11) is 3.17. The summed E-state index contributed by atoms with van der Waals surface area (Å²) in [6, 6.07) is -0.681. The highest BCUT2D eigenvalue weighted by Gasteiger charge is 2.16. The lowest BCUT2D eigenvalue weighted by Gasteiger charge is -2.24. The molecule has 0 aromatic carbocycles. The Labute approximate surface area is 113 Å². The first-order valence-electron chi connectivity index (χ1n) is 6.26. The van der Waals surface area contributed by atoms with Gasteiger partial charge < -0.3 is 24.8 Å². The fraction of sp³-hybridized carbons (Fsp3) is 0.833. The van der Waals surface area contributed by atoms with E-state index in [2.05, 4.69) is 5.32 Å².